The Balaban J connectivity index is 1.25. The average molecular weight is 637 g/mol. The molecule has 0 amide bonds. The number of nitriles is 1. The Labute approximate surface area is 269 Å². The highest BCUT2D eigenvalue weighted by Crippen LogP contribution is 2.31. The number of ether oxygens (including phenoxy) is 1. The highest BCUT2D eigenvalue weighted by molar-refractivity contribution is 5.99. The standard InChI is InChI=1S/C34H33FN8O4/c1-34(2,18-36)21-9-19-7-8-42(33(46)31(19)24(35)10-21)27-6-4-5-22(23(27)15-44)25-11-26(32(45)41(3)40-25)38-29-14-43-28(20-16-47-17-20)12-37-13-30(43)39-29/h4-11,13,20,28,37,44H,12,14-17H2,1-3H3,(H,38,39). The molecule has 1 saturated heterocycles. The summed E-state index contributed by atoms with van der Waals surface area (Å²) in [7, 11) is 1.54. The summed E-state index contributed by atoms with van der Waals surface area (Å²) in [4.78, 5) is 33.8. The Hall–Kier alpha value is -5.32. The normalized spacial score (nSPS) is 17.8. The number of hydrogen-bond acceptors (Lipinski definition) is 10. The van der Waals surface area contributed by atoms with Crippen LogP contribution >= 0.6 is 0 Å². The van der Waals surface area contributed by atoms with Gasteiger partial charge in [0.2, 0.25) is 0 Å². The number of aryl methyl sites for hydroxylation is 1. The Morgan fingerprint density at radius 2 is 2.00 bits per heavy atom. The van der Waals surface area contributed by atoms with Crippen molar-refractivity contribution in [3.8, 4) is 23.0 Å². The van der Waals surface area contributed by atoms with E-state index in [1.807, 2.05) is 6.20 Å². The third kappa shape index (κ3) is 5.15. The molecule has 4 aromatic rings. The Morgan fingerprint density at radius 3 is 2.72 bits per heavy atom. The van der Waals surface area contributed by atoms with E-state index in [1.54, 1.807) is 50.2 Å². The Morgan fingerprint density at radius 1 is 1.19 bits per heavy atom. The van der Waals surface area contributed by atoms with Crippen molar-refractivity contribution in [3.05, 3.63) is 98.3 Å². The summed E-state index contributed by atoms with van der Waals surface area (Å²) >= 11 is 0. The van der Waals surface area contributed by atoms with Gasteiger partial charge in [0.1, 0.15) is 23.2 Å². The van der Waals surface area contributed by atoms with Crippen LogP contribution in [-0.2, 0) is 23.8 Å². The summed E-state index contributed by atoms with van der Waals surface area (Å²) in [5.74, 6) is 1.08. The molecule has 12 nitrogen and oxygen atoms in total. The van der Waals surface area contributed by atoms with Gasteiger partial charge in [0, 0.05) is 43.0 Å². The summed E-state index contributed by atoms with van der Waals surface area (Å²) in [6.45, 7) is 5.62. The number of aliphatic hydroxyl groups is 1. The summed E-state index contributed by atoms with van der Waals surface area (Å²) in [5, 5.41) is 31.3. The van der Waals surface area contributed by atoms with Crippen LogP contribution in [0.2, 0.25) is 0 Å². The number of aliphatic imine (C=N–C) groups is 1. The third-order valence-corrected chi connectivity index (χ3v) is 9.18. The number of nitrogens with one attached hydrogen (secondary N) is 2. The van der Waals surface area contributed by atoms with Gasteiger partial charge in [-0.15, -0.1) is 0 Å². The molecular weight excluding hydrogens is 603 g/mol. The number of hydrogen-bond donors (Lipinski definition) is 3. The lowest BCUT2D eigenvalue weighted by atomic mass is 9.85. The minimum atomic E-state index is -0.943. The molecule has 5 heterocycles. The molecule has 3 N–H and O–H groups in total. The van der Waals surface area contributed by atoms with Crippen LogP contribution in [-0.4, -0.2) is 62.5 Å². The fraction of sp³-hybridized carbons (Fsp3) is 0.324. The zero-order valence-corrected chi connectivity index (χ0v) is 26.1. The van der Waals surface area contributed by atoms with E-state index in [0.29, 0.717) is 65.0 Å². The van der Waals surface area contributed by atoms with Gasteiger partial charge in [-0.25, -0.2) is 14.1 Å². The summed E-state index contributed by atoms with van der Waals surface area (Å²) in [5.41, 5.74) is 0.372. The summed E-state index contributed by atoms with van der Waals surface area (Å²) in [6.07, 6.45) is 3.39. The van der Waals surface area contributed by atoms with Gasteiger partial charge in [-0.3, -0.25) is 14.2 Å². The second-order valence-corrected chi connectivity index (χ2v) is 12.6. The van der Waals surface area contributed by atoms with Crippen LogP contribution in [0.15, 0.2) is 75.3 Å². The van der Waals surface area contributed by atoms with Crippen LogP contribution < -0.4 is 21.8 Å². The van der Waals surface area contributed by atoms with Gasteiger partial charge in [-0.2, -0.15) is 10.4 Å². The number of fused-ring (bicyclic) bond motifs is 2. The van der Waals surface area contributed by atoms with E-state index in [2.05, 4.69) is 26.7 Å². The van der Waals surface area contributed by atoms with Gasteiger partial charge in [-0.05, 0) is 55.1 Å². The van der Waals surface area contributed by atoms with E-state index in [9.17, 15) is 20.0 Å². The summed E-state index contributed by atoms with van der Waals surface area (Å²) < 4.78 is 23.3. The first-order valence-corrected chi connectivity index (χ1v) is 15.3. The van der Waals surface area contributed by atoms with Gasteiger partial charge < -0.3 is 25.4 Å². The smallest absolute Gasteiger partial charge is 0.290 e. The number of aliphatic hydroxyl groups excluding tert-OH is 1. The van der Waals surface area contributed by atoms with Crippen LogP contribution in [0, 0.1) is 23.1 Å². The highest BCUT2D eigenvalue weighted by Gasteiger charge is 2.38. The second-order valence-electron chi connectivity index (χ2n) is 12.6. The monoisotopic (exact) mass is 636 g/mol. The minimum absolute atomic E-state index is 0.128. The van der Waals surface area contributed by atoms with Crippen LogP contribution in [0.4, 0.5) is 10.1 Å². The van der Waals surface area contributed by atoms with Crippen molar-refractivity contribution in [1.29, 1.82) is 5.26 Å². The lowest BCUT2D eigenvalue weighted by molar-refractivity contribution is -0.0671. The molecule has 1 atom stereocenters. The number of aromatic nitrogens is 3. The van der Waals surface area contributed by atoms with Gasteiger partial charge in [0.25, 0.3) is 11.1 Å². The average Bonchev–Trinajstić information content (AvgIpc) is 3.45. The van der Waals surface area contributed by atoms with Gasteiger partial charge >= 0.3 is 0 Å². The van der Waals surface area contributed by atoms with Crippen LogP contribution in [0.1, 0.15) is 25.0 Å². The number of halogens is 1. The van der Waals surface area contributed by atoms with Crippen molar-refractivity contribution < 1.29 is 14.2 Å². The molecule has 0 saturated carbocycles. The molecule has 2 aromatic heterocycles. The van der Waals surface area contributed by atoms with Crippen LogP contribution in [0.3, 0.4) is 0 Å². The topological polar surface area (TPSA) is 150 Å². The van der Waals surface area contributed by atoms with Gasteiger partial charge in [-0.1, -0.05) is 12.1 Å². The zero-order valence-electron chi connectivity index (χ0n) is 26.1. The molecule has 0 aliphatic carbocycles. The highest BCUT2D eigenvalue weighted by atomic mass is 19.1. The van der Waals surface area contributed by atoms with Gasteiger partial charge in [0.05, 0.1) is 60.7 Å². The molecule has 240 valence electrons. The second kappa shape index (κ2) is 11.5. The van der Waals surface area contributed by atoms with E-state index >= 15 is 4.39 Å². The number of nitrogens with zero attached hydrogens (tertiary/aromatic N) is 6. The number of benzene rings is 2. The molecule has 13 heteroatoms. The van der Waals surface area contributed by atoms with E-state index in [-0.39, 0.29) is 22.7 Å². The largest absolute Gasteiger partial charge is 0.392 e. The molecule has 0 radical (unpaired) electrons. The first kappa shape index (κ1) is 30.3. The maximum Gasteiger partial charge on any atom is 0.290 e. The number of pyridine rings is 1. The van der Waals surface area contributed by atoms with E-state index in [1.165, 1.54) is 28.6 Å². The van der Waals surface area contributed by atoms with E-state index < -0.39 is 23.4 Å². The quantitative estimate of drug-likeness (QED) is 0.290. The first-order chi connectivity index (χ1) is 22.6. The van der Waals surface area contributed by atoms with E-state index in [4.69, 9.17) is 9.73 Å². The lowest BCUT2D eigenvalue weighted by Crippen LogP contribution is -2.54. The van der Waals surface area contributed by atoms with Crippen molar-refractivity contribution in [3.63, 3.8) is 0 Å². The minimum Gasteiger partial charge on any atom is -0.392 e. The maximum atomic E-state index is 15.4. The number of rotatable bonds is 6. The molecule has 3 aliphatic heterocycles. The molecule has 3 aliphatic rings. The van der Waals surface area contributed by atoms with Crippen molar-refractivity contribution in [2.24, 2.45) is 18.0 Å². The molecule has 7 rings (SSSR count). The maximum absolute atomic E-state index is 15.4. The fourth-order valence-corrected chi connectivity index (χ4v) is 6.36. The predicted octanol–water partition coefficient (Wildman–Crippen LogP) is 2.73. The number of anilines is 1. The van der Waals surface area contributed by atoms with Gasteiger partial charge in [0.15, 0.2) is 0 Å². The molecule has 1 fully saturated rings. The predicted molar refractivity (Wildman–Crippen MR) is 174 cm³/mol. The van der Waals surface area contributed by atoms with Crippen molar-refractivity contribution >= 4 is 22.3 Å². The summed E-state index contributed by atoms with van der Waals surface area (Å²) in [6, 6.07) is 13.6. The van der Waals surface area contributed by atoms with Crippen LogP contribution in [0.25, 0.3) is 27.7 Å². The molecule has 0 bridgehead atoms. The van der Waals surface area contributed by atoms with Crippen LogP contribution in [0.5, 0.6) is 0 Å². The molecular formula is C34H33FN8O4. The zero-order chi connectivity index (χ0) is 33.0. The van der Waals surface area contributed by atoms with E-state index in [0.717, 1.165) is 12.4 Å². The first-order valence-electron chi connectivity index (χ1n) is 15.3. The third-order valence-electron chi connectivity index (χ3n) is 9.18. The Bertz CT molecular complexity index is 2160. The van der Waals surface area contributed by atoms with Crippen molar-refractivity contribution in [1.82, 2.24) is 24.6 Å². The lowest BCUT2D eigenvalue weighted by Gasteiger charge is -2.42. The molecule has 2 aromatic carbocycles. The fourth-order valence-electron chi connectivity index (χ4n) is 6.36. The molecule has 0 spiro atoms. The van der Waals surface area contributed by atoms with Crippen molar-refractivity contribution in [2.45, 2.75) is 31.9 Å². The molecule has 1 unspecified atom stereocenters. The number of amidine groups is 1. The SMILES string of the molecule is Cn1nc(-c2cccc(-n3ccc4cc(C(C)(C)C#N)cc(F)c4c3=O)c2CO)cc(NC2=NC3=CNCC(C4COC4)N3C2)c1=O. The van der Waals surface area contributed by atoms with Crippen molar-refractivity contribution in [2.75, 3.05) is 31.6 Å². The molecule has 47 heavy (non-hydrogen) atoms. The Kier molecular flexibility index (Phi) is 7.41.